The molecule has 1 unspecified atom stereocenters. The van der Waals surface area contributed by atoms with Gasteiger partial charge in [0.25, 0.3) is 0 Å². The van der Waals surface area contributed by atoms with Crippen LogP contribution in [0.4, 0.5) is 4.39 Å². The van der Waals surface area contributed by atoms with Crippen molar-refractivity contribution in [2.75, 3.05) is 32.1 Å². The zero-order chi connectivity index (χ0) is 14.7. The van der Waals surface area contributed by atoms with Crippen LogP contribution >= 0.6 is 11.6 Å². The number of hydrogen-bond donors (Lipinski definition) is 0. The van der Waals surface area contributed by atoms with E-state index in [1.54, 1.807) is 12.1 Å². The maximum absolute atomic E-state index is 13.2. The average molecular weight is 314 g/mol. The third-order valence-electron chi connectivity index (χ3n) is 4.19. The average Bonchev–Trinajstić information content (AvgIpc) is 2.88. The van der Waals surface area contributed by atoms with Crippen molar-refractivity contribution in [2.45, 2.75) is 31.5 Å². The van der Waals surface area contributed by atoms with Crippen molar-refractivity contribution in [3.8, 4) is 5.75 Å². The Kier molecular flexibility index (Phi) is 4.99. The van der Waals surface area contributed by atoms with Gasteiger partial charge in [-0.3, -0.25) is 4.90 Å². The molecule has 21 heavy (non-hydrogen) atoms. The van der Waals surface area contributed by atoms with Crippen LogP contribution in [0.3, 0.4) is 0 Å². The highest BCUT2D eigenvalue weighted by Gasteiger charge is 2.27. The molecule has 0 radical (unpaired) electrons. The largest absolute Gasteiger partial charge is 0.488 e. The first-order valence-electron chi connectivity index (χ1n) is 7.59. The Morgan fingerprint density at radius 2 is 2.14 bits per heavy atom. The van der Waals surface area contributed by atoms with Crippen LogP contribution < -0.4 is 4.74 Å². The smallest absolute Gasteiger partial charge is 0.123 e. The van der Waals surface area contributed by atoms with Gasteiger partial charge in [-0.1, -0.05) is 0 Å². The second kappa shape index (κ2) is 6.95. The Bertz CT molecular complexity index is 477. The number of nitrogens with zero attached hydrogens (tertiary/aromatic N) is 1. The summed E-state index contributed by atoms with van der Waals surface area (Å²) in [6.07, 6.45) is 3.38. The maximum atomic E-state index is 13.2. The van der Waals surface area contributed by atoms with Gasteiger partial charge >= 0.3 is 0 Å². The number of hydrogen-bond acceptors (Lipinski definition) is 3. The molecule has 1 aromatic rings. The lowest BCUT2D eigenvalue weighted by Gasteiger charge is -2.33. The molecule has 5 heteroatoms. The summed E-state index contributed by atoms with van der Waals surface area (Å²) in [5.41, 5.74) is 0.986. The minimum Gasteiger partial charge on any atom is -0.488 e. The third kappa shape index (κ3) is 3.87. The maximum Gasteiger partial charge on any atom is 0.123 e. The number of piperidine rings is 1. The molecule has 0 saturated carbocycles. The van der Waals surface area contributed by atoms with E-state index in [0.717, 1.165) is 50.2 Å². The summed E-state index contributed by atoms with van der Waals surface area (Å²) < 4.78 is 24.8. The summed E-state index contributed by atoms with van der Waals surface area (Å²) >= 11 is 5.64. The minimum absolute atomic E-state index is 0.141. The highest BCUT2D eigenvalue weighted by atomic mass is 35.5. The summed E-state index contributed by atoms with van der Waals surface area (Å²) in [6, 6.07) is 4.78. The molecule has 2 aliphatic rings. The van der Waals surface area contributed by atoms with Crippen molar-refractivity contribution in [3.63, 3.8) is 0 Å². The first kappa shape index (κ1) is 15.1. The van der Waals surface area contributed by atoms with Crippen molar-refractivity contribution in [2.24, 2.45) is 0 Å². The molecule has 0 bridgehead atoms. The lowest BCUT2D eigenvalue weighted by Crippen LogP contribution is -2.42. The Labute approximate surface area is 130 Å². The Morgan fingerprint density at radius 3 is 2.90 bits per heavy atom. The van der Waals surface area contributed by atoms with Crippen molar-refractivity contribution < 1.29 is 13.9 Å². The number of likely N-dealkylation sites (tertiary alicyclic amines) is 1. The molecule has 0 spiro atoms. The third-order valence-corrected chi connectivity index (χ3v) is 4.35. The van der Waals surface area contributed by atoms with Gasteiger partial charge in [0.05, 0.1) is 12.7 Å². The predicted octanol–water partition coefficient (Wildman–Crippen LogP) is 2.85. The highest BCUT2D eigenvalue weighted by molar-refractivity contribution is 6.17. The quantitative estimate of drug-likeness (QED) is 0.780. The Morgan fingerprint density at radius 1 is 1.33 bits per heavy atom. The van der Waals surface area contributed by atoms with Gasteiger partial charge < -0.3 is 9.47 Å². The van der Waals surface area contributed by atoms with Crippen LogP contribution in [0.25, 0.3) is 0 Å². The number of benzene rings is 1. The fourth-order valence-corrected chi connectivity index (χ4v) is 3.24. The topological polar surface area (TPSA) is 21.7 Å². The summed E-state index contributed by atoms with van der Waals surface area (Å²) in [6.45, 7) is 3.59. The SMILES string of the molecule is Fc1ccc2c(c1)CC(CN1CCC(OCCCl)CC1)O2. The summed E-state index contributed by atoms with van der Waals surface area (Å²) in [7, 11) is 0. The van der Waals surface area contributed by atoms with E-state index < -0.39 is 0 Å². The fraction of sp³-hybridized carbons (Fsp3) is 0.625. The minimum atomic E-state index is -0.185. The van der Waals surface area contributed by atoms with Gasteiger partial charge in [0.1, 0.15) is 17.7 Å². The van der Waals surface area contributed by atoms with Crippen molar-refractivity contribution >= 4 is 11.6 Å². The van der Waals surface area contributed by atoms with Gasteiger partial charge in [0, 0.05) is 37.5 Å². The van der Waals surface area contributed by atoms with Gasteiger partial charge in [-0.25, -0.2) is 4.39 Å². The van der Waals surface area contributed by atoms with Crippen LogP contribution in [0.2, 0.25) is 0 Å². The van der Waals surface area contributed by atoms with E-state index in [4.69, 9.17) is 21.1 Å². The van der Waals surface area contributed by atoms with Crippen molar-refractivity contribution in [1.82, 2.24) is 4.90 Å². The van der Waals surface area contributed by atoms with E-state index >= 15 is 0 Å². The number of rotatable bonds is 5. The monoisotopic (exact) mass is 313 g/mol. The van der Waals surface area contributed by atoms with Crippen LogP contribution in [0.1, 0.15) is 18.4 Å². The molecule has 3 nitrogen and oxygen atoms in total. The summed E-state index contributed by atoms with van der Waals surface area (Å²) in [4.78, 5) is 2.41. The summed E-state index contributed by atoms with van der Waals surface area (Å²) in [5.74, 6) is 1.21. The highest BCUT2D eigenvalue weighted by Crippen LogP contribution is 2.30. The van der Waals surface area contributed by atoms with Gasteiger partial charge in [0.2, 0.25) is 0 Å². The molecule has 1 fully saturated rings. The van der Waals surface area contributed by atoms with E-state index in [2.05, 4.69) is 4.90 Å². The molecule has 0 amide bonds. The van der Waals surface area contributed by atoms with Crippen molar-refractivity contribution in [3.05, 3.63) is 29.6 Å². The number of halogens is 2. The van der Waals surface area contributed by atoms with Gasteiger partial charge in [-0.15, -0.1) is 11.6 Å². The zero-order valence-electron chi connectivity index (χ0n) is 12.1. The van der Waals surface area contributed by atoms with Gasteiger partial charge in [-0.05, 0) is 31.0 Å². The molecule has 3 rings (SSSR count). The first-order valence-corrected chi connectivity index (χ1v) is 8.13. The zero-order valence-corrected chi connectivity index (χ0v) is 12.8. The molecule has 1 aromatic carbocycles. The van der Waals surface area contributed by atoms with Crippen LogP contribution in [-0.2, 0) is 11.2 Å². The molecule has 0 aromatic heterocycles. The Balaban J connectivity index is 1.45. The van der Waals surface area contributed by atoms with Crippen LogP contribution in [-0.4, -0.2) is 49.2 Å². The van der Waals surface area contributed by atoms with Gasteiger partial charge in [-0.2, -0.15) is 0 Å². The van der Waals surface area contributed by atoms with E-state index in [1.807, 2.05) is 0 Å². The molecule has 1 atom stereocenters. The molecule has 0 N–H and O–H groups in total. The molecule has 116 valence electrons. The summed E-state index contributed by atoms with van der Waals surface area (Å²) in [5, 5.41) is 0. The van der Waals surface area contributed by atoms with E-state index in [9.17, 15) is 4.39 Å². The predicted molar refractivity (Wildman–Crippen MR) is 80.7 cm³/mol. The molecular weight excluding hydrogens is 293 g/mol. The normalized spacial score (nSPS) is 23.0. The standard InChI is InChI=1S/C16H21ClFNO2/c17-5-8-20-14-3-6-19(7-4-14)11-15-10-12-9-13(18)1-2-16(12)21-15/h1-2,9,14-15H,3-8,10-11H2. The van der Waals surface area contributed by atoms with Crippen LogP contribution in [0.5, 0.6) is 5.75 Å². The van der Waals surface area contributed by atoms with E-state index in [1.165, 1.54) is 6.07 Å². The number of fused-ring (bicyclic) bond motifs is 1. The molecule has 2 aliphatic heterocycles. The van der Waals surface area contributed by atoms with Crippen LogP contribution in [0.15, 0.2) is 18.2 Å². The number of ether oxygens (including phenoxy) is 2. The molecule has 1 saturated heterocycles. The lowest BCUT2D eigenvalue weighted by atomic mass is 10.1. The molecule has 0 aliphatic carbocycles. The molecular formula is C16H21ClFNO2. The second-order valence-electron chi connectivity index (χ2n) is 5.76. The van der Waals surface area contributed by atoms with Gasteiger partial charge in [0.15, 0.2) is 0 Å². The second-order valence-corrected chi connectivity index (χ2v) is 6.13. The molecule has 2 heterocycles. The van der Waals surface area contributed by atoms with E-state index in [0.29, 0.717) is 18.6 Å². The van der Waals surface area contributed by atoms with Crippen LogP contribution in [0, 0.1) is 5.82 Å². The first-order chi connectivity index (χ1) is 10.2. The van der Waals surface area contributed by atoms with E-state index in [-0.39, 0.29) is 11.9 Å². The fourth-order valence-electron chi connectivity index (χ4n) is 3.15. The van der Waals surface area contributed by atoms with Crippen molar-refractivity contribution in [1.29, 1.82) is 0 Å². The Hall–Kier alpha value is -0.840. The number of alkyl halides is 1. The lowest BCUT2D eigenvalue weighted by molar-refractivity contribution is 0.00813.